The molecule has 0 unspecified atom stereocenters. The average molecular weight is 671 g/mol. The van der Waals surface area contributed by atoms with E-state index in [9.17, 15) is 26.3 Å². The zero-order valence-electron chi connectivity index (χ0n) is 21.7. The van der Waals surface area contributed by atoms with Crippen molar-refractivity contribution in [3.8, 4) is 11.6 Å². The second-order valence-electron chi connectivity index (χ2n) is 9.88. The Morgan fingerprint density at radius 1 is 0.595 bits per heavy atom. The van der Waals surface area contributed by atoms with Crippen molar-refractivity contribution in [3.63, 3.8) is 0 Å². The summed E-state index contributed by atoms with van der Waals surface area (Å²) in [5.74, 6) is 0.812. The van der Waals surface area contributed by atoms with Crippen molar-refractivity contribution >= 4 is 22.1 Å². The topological polar surface area (TPSA) is 61.4 Å². The molecule has 13 heteroatoms. The monoisotopic (exact) mass is 670 g/mol. The first-order chi connectivity index (χ1) is 19.3. The van der Waals surface area contributed by atoms with Crippen LogP contribution in [0.4, 0.5) is 26.3 Å². The zero-order valence-corrected chi connectivity index (χ0v) is 23.3. The number of fused-ring (bicyclic) bond motifs is 2. The number of nitrogens with zero attached hydrogens (tertiary/aromatic N) is 6. The minimum Gasteiger partial charge on any atom is -0.411 e. The minimum atomic E-state index is -4.49. The van der Waals surface area contributed by atoms with E-state index in [4.69, 9.17) is 9.97 Å². The van der Waals surface area contributed by atoms with Gasteiger partial charge in [0.05, 0.1) is 11.6 Å². The third kappa shape index (κ3) is 5.18. The van der Waals surface area contributed by atoms with Gasteiger partial charge >= 0.3 is 32.8 Å². The van der Waals surface area contributed by atoms with Crippen LogP contribution in [0.1, 0.15) is 36.4 Å². The first-order valence-electron chi connectivity index (χ1n) is 12.2. The number of halogens is 6. The van der Waals surface area contributed by atoms with Gasteiger partial charge in [-0.1, -0.05) is 71.7 Å². The zero-order chi connectivity index (χ0) is 29.2. The molecule has 0 atom stereocenters. The van der Waals surface area contributed by atoms with E-state index in [0.717, 1.165) is 24.3 Å². The summed E-state index contributed by atoms with van der Waals surface area (Å²) in [7, 11) is 0. The second kappa shape index (κ2) is 10.3. The summed E-state index contributed by atoms with van der Waals surface area (Å²) in [6, 6.07) is 17.1. The predicted molar refractivity (Wildman–Crippen MR) is 138 cm³/mol. The van der Waals surface area contributed by atoms with Crippen LogP contribution in [0.2, 0.25) is 0 Å². The minimum absolute atomic E-state index is 0. The summed E-state index contributed by atoms with van der Waals surface area (Å²) in [5.41, 5.74) is -0.0622. The maximum absolute atomic E-state index is 13.1. The van der Waals surface area contributed by atoms with Crippen molar-refractivity contribution in [2.45, 2.75) is 31.6 Å². The summed E-state index contributed by atoms with van der Waals surface area (Å²) in [5, 5.41) is 0. The van der Waals surface area contributed by atoms with Gasteiger partial charge in [0, 0.05) is 40.6 Å². The molecule has 6 aromatic rings. The van der Waals surface area contributed by atoms with Gasteiger partial charge in [-0.2, -0.15) is 26.3 Å². The first-order valence-corrected chi connectivity index (χ1v) is 12.2. The molecule has 0 radical (unpaired) electrons. The molecule has 0 saturated heterocycles. The summed E-state index contributed by atoms with van der Waals surface area (Å²) >= 11 is 0. The molecule has 0 bridgehead atoms. The summed E-state index contributed by atoms with van der Waals surface area (Å²) < 4.78 is 81.8. The van der Waals surface area contributed by atoms with Gasteiger partial charge in [0.1, 0.15) is 0 Å². The second-order valence-corrected chi connectivity index (χ2v) is 9.88. The van der Waals surface area contributed by atoms with Crippen LogP contribution in [0.3, 0.4) is 0 Å². The molecule has 0 spiro atoms. The van der Waals surface area contributed by atoms with Crippen molar-refractivity contribution in [2.75, 3.05) is 0 Å². The molecule has 6 nitrogen and oxygen atoms in total. The van der Waals surface area contributed by atoms with E-state index in [-0.39, 0.29) is 31.5 Å². The van der Waals surface area contributed by atoms with Gasteiger partial charge < -0.3 is 19.1 Å². The predicted octanol–water partition coefficient (Wildman–Crippen LogP) is 7.12. The number of imidazole rings is 2. The van der Waals surface area contributed by atoms with Crippen molar-refractivity contribution < 1.29 is 46.8 Å². The van der Waals surface area contributed by atoms with Gasteiger partial charge in [0.2, 0.25) is 0 Å². The van der Waals surface area contributed by atoms with E-state index in [1.165, 1.54) is 21.3 Å². The van der Waals surface area contributed by atoms with Gasteiger partial charge in [0.15, 0.2) is 0 Å². The third-order valence-corrected chi connectivity index (χ3v) is 6.84. The van der Waals surface area contributed by atoms with Crippen LogP contribution in [-0.2, 0) is 38.2 Å². The van der Waals surface area contributed by atoms with Gasteiger partial charge in [-0.15, -0.1) is 0 Å². The van der Waals surface area contributed by atoms with Crippen LogP contribution in [0.15, 0.2) is 72.8 Å². The first kappa shape index (κ1) is 29.4. The van der Waals surface area contributed by atoms with E-state index in [0.29, 0.717) is 34.1 Å². The van der Waals surface area contributed by atoms with Crippen LogP contribution >= 0.6 is 0 Å². The number of benzene rings is 2. The van der Waals surface area contributed by atoms with E-state index < -0.39 is 28.9 Å². The maximum Gasteiger partial charge on any atom is 2.00 e. The van der Waals surface area contributed by atoms with E-state index >= 15 is 0 Å². The Bertz CT molecular complexity index is 1780. The number of pyridine rings is 2. The number of aromatic nitrogens is 6. The third-order valence-electron chi connectivity index (χ3n) is 6.84. The van der Waals surface area contributed by atoms with Crippen LogP contribution in [0.25, 0.3) is 33.7 Å². The molecule has 2 aromatic carbocycles. The number of alkyl halides is 6. The molecule has 216 valence electrons. The molecule has 4 heterocycles. The Morgan fingerprint density at radius 2 is 1.00 bits per heavy atom. The Labute approximate surface area is 248 Å². The van der Waals surface area contributed by atoms with Gasteiger partial charge in [-0.25, -0.2) is 0 Å². The fourth-order valence-electron chi connectivity index (χ4n) is 4.54. The van der Waals surface area contributed by atoms with Gasteiger partial charge in [0.25, 0.3) is 0 Å². The molecule has 0 fully saturated rings. The smallest absolute Gasteiger partial charge is 0.411 e. The SMILES string of the molecule is CC(C)(c1cccc(-n2[c-]nc3cc(C(F)(F)F)ccc32)n1)c1cccc(-n2[c-]nc3cc(C(F)(F)F)ccc32)n1.[Pd+2]. The van der Waals surface area contributed by atoms with E-state index in [2.05, 4.69) is 22.6 Å². The fraction of sp³-hybridized carbons (Fsp3) is 0.172. The quantitative estimate of drug-likeness (QED) is 0.114. The molecule has 0 aliphatic rings. The summed E-state index contributed by atoms with van der Waals surface area (Å²) in [6.07, 6.45) is -3.54. The van der Waals surface area contributed by atoms with Gasteiger partial charge in [-0.3, -0.25) is 9.97 Å². The molecule has 0 amide bonds. The Kier molecular flexibility index (Phi) is 7.23. The van der Waals surface area contributed by atoms with Crippen LogP contribution < -0.4 is 0 Å². The fourth-order valence-corrected chi connectivity index (χ4v) is 4.54. The maximum atomic E-state index is 13.1. The van der Waals surface area contributed by atoms with Crippen LogP contribution in [0, 0.1) is 12.7 Å². The van der Waals surface area contributed by atoms with Crippen molar-refractivity contribution in [1.29, 1.82) is 0 Å². The molecule has 0 N–H and O–H groups in total. The number of hydrogen-bond donors (Lipinski definition) is 0. The molecular formula is C29H18F6N6Pd. The normalized spacial score (nSPS) is 12.6. The van der Waals surface area contributed by atoms with Crippen LogP contribution in [-0.4, -0.2) is 29.1 Å². The van der Waals surface area contributed by atoms with Crippen molar-refractivity contribution in [2.24, 2.45) is 0 Å². The summed E-state index contributed by atoms with van der Waals surface area (Å²) in [6.45, 7) is 3.81. The average Bonchev–Trinajstić information content (AvgIpc) is 3.56. The Balaban J connectivity index is 0.00000353. The number of hydrogen-bond acceptors (Lipinski definition) is 4. The molecule has 0 aliphatic heterocycles. The van der Waals surface area contributed by atoms with E-state index in [1.807, 2.05) is 13.8 Å². The number of rotatable bonds is 4. The molecule has 4 aromatic heterocycles. The van der Waals surface area contributed by atoms with Gasteiger partial charge in [-0.05, 0) is 37.0 Å². The van der Waals surface area contributed by atoms with Crippen LogP contribution in [0.5, 0.6) is 0 Å². The Hall–Kier alpha value is -4.08. The molecule has 0 saturated carbocycles. The van der Waals surface area contributed by atoms with Crippen molar-refractivity contribution in [3.05, 3.63) is 108 Å². The summed E-state index contributed by atoms with van der Waals surface area (Å²) in [4.78, 5) is 17.5. The molecule has 6 rings (SSSR count). The van der Waals surface area contributed by atoms with E-state index in [1.54, 1.807) is 36.4 Å². The standard InChI is InChI=1S/C29H18F6N6.Pd/c1-27(2,23-5-3-7-25(38-23)40-15-36-19-13-17(28(30,31)32)9-11-21(19)40)24-6-4-8-26(39-24)41-16-37-20-14-18(29(33,34)35)10-12-22(20)41;/h3-14H,1-2H3;/q-2;+2. The molecular weight excluding hydrogens is 653 g/mol. The van der Waals surface area contributed by atoms with Crippen molar-refractivity contribution in [1.82, 2.24) is 29.1 Å². The Morgan fingerprint density at radius 3 is 1.38 bits per heavy atom. The molecule has 0 aliphatic carbocycles. The molecule has 42 heavy (non-hydrogen) atoms. The largest absolute Gasteiger partial charge is 2.00 e.